The summed E-state index contributed by atoms with van der Waals surface area (Å²) < 4.78 is 4.76. The molecule has 0 radical (unpaired) electrons. The Balaban J connectivity index is 1.90. The second-order valence-corrected chi connectivity index (χ2v) is 5.77. The van der Waals surface area contributed by atoms with Gasteiger partial charge in [-0.3, -0.25) is 9.59 Å². The van der Waals surface area contributed by atoms with Crippen LogP contribution in [0.3, 0.4) is 0 Å². The average molecular weight is 289 g/mol. The van der Waals surface area contributed by atoms with E-state index in [1.165, 1.54) is 18.2 Å². The van der Waals surface area contributed by atoms with Gasteiger partial charge in [0, 0.05) is 13.1 Å². The van der Waals surface area contributed by atoms with Crippen molar-refractivity contribution in [2.45, 2.75) is 33.1 Å². The number of ether oxygens (including phenoxy) is 1. The van der Waals surface area contributed by atoms with Gasteiger partial charge in [0.15, 0.2) is 0 Å². The van der Waals surface area contributed by atoms with E-state index in [2.05, 4.69) is 26.0 Å². The molecule has 1 saturated heterocycles. The highest BCUT2D eigenvalue weighted by Gasteiger charge is 2.27. The summed E-state index contributed by atoms with van der Waals surface area (Å²) in [7, 11) is 1.42. The van der Waals surface area contributed by atoms with Crippen LogP contribution in [-0.4, -0.2) is 37.0 Å². The lowest BCUT2D eigenvalue weighted by atomic mass is 9.96. The van der Waals surface area contributed by atoms with Gasteiger partial charge in [-0.2, -0.15) is 0 Å². The van der Waals surface area contributed by atoms with Crippen LogP contribution in [0.2, 0.25) is 0 Å². The summed E-state index contributed by atoms with van der Waals surface area (Å²) in [6.45, 7) is 5.41. The van der Waals surface area contributed by atoms with Crippen LogP contribution in [0.25, 0.3) is 0 Å². The number of hydrogen-bond acceptors (Lipinski definition) is 3. The van der Waals surface area contributed by atoms with Crippen molar-refractivity contribution in [2.75, 3.05) is 20.2 Å². The largest absolute Gasteiger partial charge is 0.469 e. The van der Waals surface area contributed by atoms with Gasteiger partial charge in [0.2, 0.25) is 5.91 Å². The Bertz CT molecular complexity index is 531. The van der Waals surface area contributed by atoms with Gasteiger partial charge in [-0.15, -0.1) is 0 Å². The van der Waals surface area contributed by atoms with Gasteiger partial charge in [-0.1, -0.05) is 18.2 Å². The fourth-order valence-corrected chi connectivity index (χ4v) is 2.73. The summed E-state index contributed by atoms with van der Waals surface area (Å²) in [5.74, 6) is -0.0708. The molecule has 0 N–H and O–H groups in total. The molecule has 2 rings (SSSR count). The molecule has 1 aromatic carbocycles. The van der Waals surface area contributed by atoms with E-state index < -0.39 is 0 Å². The Morgan fingerprint density at radius 2 is 1.86 bits per heavy atom. The van der Waals surface area contributed by atoms with E-state index >= 15 is 0 Å². The maximum atomic E-state index is 12.3. The second kappa shape index (κ2) is 6.74. The van der Waals surface area contributed by atoms with E-state index in [1.807, 2.05) is 11.0 Å². The standard InChI is InChI=1S/C17H23NO3/c1-12-4-5-14(10-13(12)2)11-16(19)18-8-6-15(7-9-18)17(20)21-3/h4-5,10,15H,6-9,11H2,1-3H3. The summed E-state index contributed by atoms with van der Waals surface area (Å²) in [6.07, 6.45) is 1.83. The third kappa shape index (κ3) is 3.84. The van der Waals surface area contributed by atoms with Crippen LogP contribution in [-0.2, 0) is 20.7 Å². The van der Waals surface area contributed by atoms with E-state index in [-0.39, 0.29) is 17.8 Å². The molecule has 0 bridgehead atoms. The van der Waals surface area contributed by atoms with E-state index in [9.17, 15) is 9.59 Å². The molecule has 4 nitrogen and oxygen atoms in total. The molecule has 21 heavy (non-hydrogen) atoms. The SMILES string of the molecule is COC(=O)C1CCN(C(=O)Cc2ccc(C)c(C)c2)CC1. The van der Waals surface area contributed by atoms with Gasteiger partial charge in [-0.05, 0) is 43.4 Å². The molecule has 0 spiro atoms. The maximum Gasteiger partial charge on any atom is 0.308 e. The average Bonchev–Trinajstić information content (AvgIpc) is 2.50. The van der Waals surface area contributed by atoms with Gasteiger partial charge in [-0.25, -0.2) is 0 Å². The summed E-state index contributed by atoms with van der Waals surface area (Å²) in [5, 5.41) is 0. The Hall–Kier alpha value is -1.84. The Kier molecular flexibility index (Phi) is 4.99. The molecule has 0 aliphatic carbocycles. The van der Waals surface area contributed by atoms with E-state index in [1.54, 1.807) is 0 Å². The summed E-state index contributed by atoms with van der Waals surface area (Å²) in [5.41, 5.74) is 3.51. The molecule has 114 valence electrons. The monoisotopic (exact) mass is 289 g/mol. The number of rotatable bonds is 3. The number of carbonyl (C=O) groups excluding carboxylic acids is 2. The second-order valence-electron chi connectivity index (χ2n) is 5.77. The Morgan fingerprint density at radius 3 is 2.43 bits per heavy atom. The summed E-state index contributed by atoms with van der Waals surface area (Å²) in [4.78, 5) is 25.7. The topological polar surface area (TPSA) is 46.6 Å². The first kappa shape index (κ1) is 15.5. The van der Waals surface area contributed by atoms with Crippen molar-refractivity contribution in [3.63, 3.8) is 0 Å². The lowest BCUT2D eigenvalue weighted by Crippen LogP contribution is -2.41. The van der Waals surface area contributed by atoms with Gasteiger partial charge >= 0.3 is 5.97 Å². The number of piperidine rings is 1. The minimum Gasteiger partial charge on any atom is -0.469 e. The van der Waals surface area contributed by atoms with Crippen LogP contribution in [0.1, 0.15) is 29.5 Å². The van der Waals surface area contributed by atoms with Gasteiger partial charge in [0.1, 0.15) is 0 Å². The number of nitrogens with zero attached hydrogens (tertiary/aromatic N) is 1. The lowest BCUT2D eigenvalue weighted by molar-refractivity contribution is -0.148. The normalized spacial score (nSPS) is 15.9. The summed E-state index contributed by atoms with van der Waals surface area (Å²) >= 11 is 0. The van der Waals surface area contributed by atoms with Crippen molar-refractivity contribution in [3.8, 4) is 0 Å². The van der Waals surface area contributed by atoms with Crippen molar-refractivity contribution in [1.29, 1.82) is 0 Å². The van der Waals surface area contributed by atoms with Crippen molar-refractivity contribution in [1.82, 2.24) is 4.90 Å². The zero-order chi connectivity index (χ0) is 15.4. The van der Waals surface area contributed by atoms with Crippen LogP contribution >= 0.6 is 0 Å². The number of likely N-dealkylation sites (tertiary alicyclic amines) is 1. The number of methoxy groups -OCH3 is 1. The van der Waals surface area contributed by atoms with Crippen molar-refractivity contribution in [3.05, 3.63) is 34.9 Å². The van der Waals surface area contributed by atoms with Crippen LogP contribution in [0.4, 0.5) is 0 Å². The highest BCUT2D eigenvalue weighted by atomic mass is 16.5. The lowest BCUT2D eigenvalue weighted by Gasteiger charge is -2.30. The molecule has 1 amide bonds. The van der Waals surface area contributed by atoms with Crippen molar-refractivity contribution < 1.29 is 14.3 Å². The molecule has 0 saturated carbocycles. The molecule has 1 aliphatic rings. The zero-order valence-corrected chi connectivity index (χ0v) is 13.0. The molecule has 4 heteroatoms. The quantitative estimate of drug-likeness (QED) is 0.802. The third-order valence-electron chi connectivity index (χ3n) is 4.31. The minimum atomic E-state index is -0.156. The van der Waals surface area contributed by atoms with Crippen molar-refractivity contribution >= 4 is 11.9 Å². The Morgan fingerprint density at radius 1 is 1.19 bits per heavy atom. The van der Waals surface area contributed by atoms with Gasteiger partial charge < -0.3 is 9.64 Å². The number of aryl methyl sites for hydroxylation is 2. The minimum absolute atomic E-state index is 0.0549. The highest BCUT2D eigenvalue weighted by molar-refractivity contribution is 5.79. The number of hydrogen-bond donors (Lipinski definition) is 0. The predicted molar refractivity (Wildman–Crippen MR) is 80.9 cm³/mol. The number of amides is 1. The first-order valence-electron chi connectivity index (χ1n) is 7.43. The van der Waals surface area contributed by atoms with Crippen molar-refractivity contribution in [2.24, 2.45) is 5.92 Å². The van der Waals surface area contributed by atoms with Crippen LogP contribution < -0.4 is 0 Å². The van der Waals surface area contributed by atoms with Crippen LogP contribution in [0, 0.1) is 19.8 Å². The molecule has 1 aromatic rings. The third-order valence-corrected chi connectivity index (χ3v) is 4.31. The van der Waals surface area contributed by atoms with Gasteiger partial charge in [0.05, 0.1) is 19.4 Å². The van der Waals surface area contributed by atoms with Crippen LogP contribution in [0.15, 0.2) is 18.2 Å². The smallest absolute Gasteiger partial charge is 0.308 e. The Labute approximate surface area is 126 Å². The molecule has 0 aromatic heterocycles. The number of carbonyl (C=O) groups is 2. The summed E-state index contributed by atoms with van der Waals surface area (Å²) in [6, 6.07) is 6.15. The van der Waals surface area contributed by atoms with E-state index in [4.69, 9.17) is 4.74 Å². The molecule has 1 fully saturated rings. The fraction of sp³-hybridized carbons (Fsp3) is 0.529. The molecule has 1 aliphatic heterocycles. The van der Waals surface area contributed by atoms with E-state index in [0.29, 0.717) is 32.4 Å². The fourth-order valence-electron chi connectivity index (χ4n) is 2.73. The molecular formula is C17H23NO3. The van der Waals surface area contributed by atoms with E-state index in [0.717, 1.165) is 5.56 Å². The van der Waals surface area contributed by atoms with Gasteiger partial charge in [0.25, 0.3) is 0 Å². The number of esters is 1. The first-order valence-corrected chi connectivity index (χ1v) is 7.43. The van der Waals surface area contributed by atoms with Crippen LogP contribution in [0.5, 0.6) is 0 Å². The number of benzene rings is 1. The maximum absolute atomic E-state index is 12.3. The molecule has 1 heterocycles. The molecular weight excluding hydrogens is 266 g/mol. The predicted octanol–water partition coefficient (Wildman–Crippen LogP) is 2.26. The first-order chi connectivity index (χ1) is 10.0. The molecule has 0 unspecified atom stereocenters. The zero-order valence-electron chi connectivity index (χ0n) is 13.0. The molecule has 0 atom stereocenters. The highest BCUT2D eigenvalue weighted by Crippen LogP contribution is 2.19.